The zero-order valence-corrected chi connectivity index (χ0v) is 9.60. The monoisotopic (exact) mass is 296 g/mol. The van der Waals surface area contributed by atoms with Gasteiger partial charge < -0.3 is 5.11 Å². The standard InChI is InChI=1S/C10H8BrF3O2/c11-4-3-6-1-2-7(9(15)16)8(5-6)10(12,13)14/h1-2,5H,3-4H2,(H,15,16). The molecule has 0 aliphatic rings. The number of carboxylic acid groups (broad SMARTS) is 1. The van der Waals surface area contributed by atoms with Crippen molar-refractivity contribution in [1.82, 2.24) is 0 Å². The van der Waals surface area contributed by atoms with Crippen molar-refractivity contribution < 1.29 is 23.1 Å². The normalized spacial score (nSPS) is 11.5. The number of carboxylic acids is 1. The SMILES string of the molecule is O=C(O)c1ccc(CCBr)cc1C(F)(F)F. The number of aryl methyl sites for hydroxylation is 1. The Morgan fingerprint density at radius 2 is 2.00 bits per heavy atom. The van der Waals surface area contributed by atoms with Crippen molar-refractivity contribution in [2.75, 3.05) is 5.33 Å². The van der Waals surface area contributed by atoms with Crippen molar-refractivity contribution in [3.8, 4) is 0 Å². The number of hydrogen-bond donors (Lipinski definition) is 1. The van der Waals surface area contributed by atoms with Gasteiger partial charge in [-0.05, 0) is 24.1 Å². The fourth-order valence-electron chi connectivity index (χ4n) is 1.28. The maximum atomic E-state index is 12.6. The summed E-state index contributed by atoms with van der Waals surface area (Å²) in [7, 11) is 0. The van der Waals surface area contributed by atoms with E-state index in [2.05, 4.69) is 15.9 Å². The quantitative estimate of drug-likeness (QED) is 0.869. The first-order valence-electron chi connectivity index (χ1n) is 4.35. The zero-order valence-electron chi connectivity index (χ0n) is 8.01. The molecule has 6 heteroatoms. The Morgan fingerprint density at radius 1 is 1.38 bits per heavy atom. The molecule has 0 aliphatic heterocycles. The van der Waals surface area contributed by atoms with E-state index in [0.717, 1.165) is 12.1 Å². The third kappa shape index (κ3) is 2.98. The number of alkyl halides is 4. The minimum absolute atomic E-state index is 0.420. The number of rotatable bonds is 3. The predicted octanol–water partition coefficient (Wildman–Crippen LogP) is 3.34. The molecule has 0 atom stereocenters. The summed E-state index contributed by atoms with van der Waals surface area (Å²) in [6.07, 6.45) is -4.22. The van der Waals surface area contributed by atoms with Crippen LogP contribution in [-0.4, -0.2) is 16.4 Å². The van der Waals surface area contributed by atoms with Crippen LogP contribution in [-0.2, 0) is 12.6 Å². The molecule has 1 aromatic rings. The lowest BCUT2D eigenvalue weighted by atomic mass is 10.0. The average Bonchev–Trinajstić information content (AvgIpc) is 2.16. The summed E-state index contributed by atoms with van der Waals surface area (Å²) in [4.78, 5) is 10.6. The molecule has 1 aromatic carbocycles. The van der Waals surface area contributed by atoms with Gasteiger partial charge in [-0.15, -0.1) is 0 Å². The van der Waals surface area contributed by atoms with Gasteiger partial charge in [-0.25, -0.2) is 4.79 Å². The number of aromatic carboxylic acids is 1. The van der Waals surface area contributed by atoms with Crippen LogP contribution in [0.3, 0.4) is 0 Å². The number of benzene rings is 1. The topological polar surface area (TPSA) is 37.3 Å². The van der Waals surface area contributed by atoms with E-state index >= 15 is 0 Å². The molecular weight excluding hydrogens is 289 g/mol. The molecule has 1 rings (SSSR count). The molecule has 88 valence electrons. The van der Waals surface area contributed by atoms with Gasteiger partial charge in [-0.2, -0.15) is 13.2 Å². The van der Waals surface area contributed by atoms with E-state index < -0.39 is 23.3 Å². The molecule has 0 radical (unpaired) electrons. The van der Waals surface area contributed by atoms with Gasteiger partial charge in [0.05, 0.1) is 11.1 Å². The smallest absolute Gasteiger partial charge is 0.417 e. The fraction of sp³-hybridized carbons (Fsp3) is 0.300. The van der Waals surface area contributed by atoms with Gasteiger partial charge in [0, 0.05) is 5.33 Å². The van der Waals surface area contributed by atoms with Gasteiger partial charge in [0.25, 0.3) is 0 Å². The van der Waals surface area contributed by atoms with E-state index in [0.29, 0.717) is 17.3 Å². The van der Waals surface area contributed by atoms with Crippen molar-refractivity contribution in [1.29, 1.82) is 0 Å². The van der Waals surface area contributed by atoms with Gasteiger partial charge in [-0.3, -0.25) is 0 Å². The van der Waals surface area contributed by atoms with Crippen LogP contribution < -0.4 is 0 Å². The Kier molecular flexibility index (Phi) is 3.96. The maximum absolute atomic E-state index is 12.6. The van der Waals surface area contributed by atoms with Crippen LogP contribution in [0.25, 0.3) is 0 Å². The second-order valence-electron chi connectivity index (χ2n) is 3.12. The largest absolute Gasteiger partial charge is 0.478 e. The molecule has 0 amide bonds. The Morgan fingerprint density at radius 3 is 2.44 bits per heavy atom. The fourth-order valence-corrected chi connectivity index (χ4v) is 1.73. The van der Waals surface area contributed by atoms with E-state index in [1.807, 2.05) is 0 Å². The molecule has 0 saturated carbocycles. The van der Waals surface area contributed by atoms with Gasteiger partial charge >= 0.3 is 12.1 Å². The van der Waals surface area contributed by atoms with Gasteiger partial charge in [-0.1, -0.05) is 22.0 Å². The van der Waals surface area contributed by atoms with Crippen LogP contribution in [0, 0.1) is 0 Å². The Balaban J connectivity index is 3.27. The second kappa shape index (κ2) is 4.86. The maximum Gasteiger partial charge on any atom is 0.417 e. The first-order valence-corrected chi connectivity index (χ1v) is 5.47. The summed E-state index contributed by atoms with van der Waals surface area (Å²) in [5.41, 5.74) is -1.36. The van der Waals surface area contributed by atoms with E-state index in [1.54, 1.807) is 0 Å². The lowest BCUT2D eigenvalue weighted by molar-refractivity contribution is -0.138. The summed E-state index contributed by atoms with van der Waals surface area (Å²) in [6, 6.07) is 3.26. The molecular formula is C10H8BrF3O2. The van der Waals surface area contributed by atoms with Crippen molar-refractivity contribution in [2.45, 2.75) is 12.6 Å². The van der Waals surface area contributed by atoms with E-state index in [1.165, 1.54) is 6.07 Å². The minimum atomic E-state index is -4.64. The van der Waals surface area contributed by atoms with Gasteiger partial charge in [0.2, 0.25) is 0 Å². The highest BCUT2D eigenvalue weighted by Crippen LogP contribution is 2.32. The molecule has 2 nitrogen and oxygen atoms in total. The van der Waals surface area contributed by atoms with Crippen LogP contribution >= 0.6 is 15.9 Å². The first-order chi connectivity index (χ1) is 7.36. The predicted molar refractivity (Wildman–Crippen MR) is 55.9 cm³/mol. The third-order valence-corrected chi connectivity index (χ3v) is 2.40. The highest BCUT2D eigenvalue weighted by molar-refractivity contribution is 9.09. The Hall–Kier alpha value is -1.04. The van der Waals surface area contributed by atoms with Crippen LogP contribution in [0.2, 0.25) is 0 Å². The molecule has 0 unspecified atom stereocenters. The molecule has 0 heterocycles. The lowest BCUT2D eigenvalue weighted by Crippen LogP contribution is -2.13. The summed E-state index contributed by atoms with van der Waals surface area (Å²) < 4.78 is 37.7. The molecule has 0 saturated heterocycles. The summed E-state index contributed by atoms with van der Waals surface area (Å²) >= 11 is 3.11. The van der Waals surface area contributed by atoms with Gasteiger partial charge in [0.15, 0.2) is 0 Å². The minimum Gasteiger partial charge on any atom is -0.478 e. The molecule has 0 fully saturated rings. The third-order valence-electron chi connectivity index (χ3n) is 2.00. The van der Waals surface area contributed by atoms with Crippen LogP contribution in [0.4, 0.5) is 13.2 Å². The van der Waals surface area contributed by atoms with Crippen LogP contribution in [0.5, 0.6) is 0 Å². The Bertz CT molecular complexity index is 402. The van der Waals surface area contributed by atoms with E-state index in [4.69, 9.17) is 5.11 Å². The van der Waals surface area contributed by atoms with E-state index in [9.17, 15) is 18.0 Å². The van der Waals surface area contributed by atoms with Crippen LogP contribution in [0.15, 0.2) is 18.2 Å². The van der Waals surface area contributed by atoms with Crippen molar-refractivity contribution >= 4 is 21.9 Å². The van der Waals surface area contributed by atoms with Crippen LogP contribution in [0.1, 0.15) is 21.5 Å². The molecule has 1 N–H and O–H groups in total. The molecule has 0 aliphatic carbocycles. The van der Waals surface area contributed by atoms with Crippen molar-refractivity contribution in [3.63, 3.8) is 0 Å². The summed E-state index contributed by atoms with van der Waals surface area (Å²) in [5.74, 6) is -1.57. The average molecular weight is 297 g/mol. The number of hydrogen-bond acceptors (Lipinski definition) is 1. The zero-order chi connectivity index (χ0) is 12.3. The summed E-state index contributed by atoms with van der Waals surface area (Å²) in [5, 5.41) is 9.17. The van der Waals surface area contributed by atoms with E-state index in [-0.39, 0.29) is 0 Å². The van der Waals surface area contributed by atoms with Crippen molar-refractivity contribution in [2.24, 2.45) is 0 Å². The lowest BCUT2D eigenvalue weighted by Gasteiger charge is -2.11. The first kappa shape index (κ1) is 13.0. The summed E-state index contributed by atoms with van der Waals surface area (Å²) in [6.45, 7) is 0. The van der Waals surface area contributed by atoms with Gasteiger partial charge in [0.1, 0.15) is 0 Å². The molecule has 0 aromatic heterocycles. The molecule has 0 spiro atoms. The number of halogens is 4. The molecule has 0 bridgehead atoms. The second-order valence-corrected chi connectivity index (χ2v) is 3.91. The number of carbonyl (C=O) groups is 1. The highest BCUT2D eigenvalue weighted by atomic mass is 79.9. The van der Waals surface area contributed by atoms with Crippen molar-refractivity contribution in [3.05, 3.63) is 34.9 Å². The highest BCUT2D eigenvalue weighted by Gasteiger charge is 2.35. The Labute approximate surface area is 98.2 Å². The molecule has 16 heavy (non-hydrogen) atoms.